The van der Waals surface area contributed by atoms with E-state index < -0.39 is 5.82 Å². The van der Waals surface area contributed by atoms with E-state index in [1.807, 2.05) is 0 Å². The molecule has 2 aromatic carbocycles. The molecule has 2 amide bonds. The zero-order chi connectivity index (χ0) is 19.4. The van der Waals surface area contributed by atoms with Gasteiger partial charge >= 0.3 is 0 Å². The fourth-order valence-electron chi connectivity index (χ4n) is 2.37. The Balaban J connectivity index is 1.59. The first kappa shape index (κ1) is 19.2. The van der Waals surface area contributed by atoms with E-state index in [1.165, 1.54) is 41.3 Å². The third-order valence-electron chi connectivity index (χ3n) is 3.73. The zero-order valence-electron chi connectivity index (χ0n) is 13.9. The Morgan fingerprint density at radius 1 is 1.07 bits per heavy atom. The van der Waals surface area contributed by atoms with Crippen molar-refractivity contribution in [1.29, 1.82) is 0 Å². The van der Waals surface area contributed by atoms with Crippen LogP contribution in [0, 0.1) is 11.6 Å². The van der Waals surface area contributed by atoms with E-state index >= 15 is 0 Å². The predicted octanol–water partition coefficient (Wildman–Crippen LogP) is 4.19. The first-order valence-electron chi connectivity index (χ1n) is 7.99. The van der Waals surface area contributed by atoms with Crippen molar-refractivity contribution in [3.8, 4) is 0 Å². The second kappa shape index (κ2) is 8.41. The Morgan fingerprint density at radius 3 is 2.30 bits per heavy atom. The maximum Gasteiger partial charge on any atom is 0.266 e. The fraction of sp³-hybridized carbons (Fsp3) is 0.105. The summed E-state index contributed by atoms with van der Waals surface area (Å²) in [4.78, 5) is 26.3. The fourth-order valence-corrected chi connectivity index (χ4v) is 3.68. The molecule has 1 N–H and O–H groups in total. The van der Waals surface area contributed by atoms with Crippen LogP contribution in [0.2, 0.25) is 0 Å². The maximum atomic E-state index is 13.0. The van der Waals surface area contributed by atoms with Crippen molar-refractivity contribution < 1.29 is 18.4 Å². The lowest BCUT2D eigenvalue weighted by atomic mass is 10.2. The summed E-state index contributed by atoms with van der Waals surface area (Å²) >= 11 is 6.36. The Bertz CT molecular complexity index is 912. The highest BCUT2D eigenvalue weighted by molar-refractivity contribution is 8.26. The summed E-state index contributed by atoms with van der Waals surface area (Å²) in [6.07, 6.45) is 1.69. The van der Waals surface area contributed by atoms with Crippen molar-refractivity contribution in [2.45, 2.75) is 6.42 Å². The van der Waals surface area contributed by atoms with Crippen LogP contribution in [-0.2, 0) is 9.59 Å². The molecular formula is C19H14F2N2O2S2. The van der Waals surface area contributed by atoms with Crippen LogP contribution in [-0.4, -0.2) is 27.6 Å². The van der Waals surface area contributed by atoms with E-state index in [2.05, 4.69) is 5.32 Å². The van der Waals surface area contributed by atoms with Gasteiger partial charge in [-0.15, -0.1) is 0 Å². The molecule has 0 aromatic heterocycles. The number of hydrogen-bond acceptors (Lipinski definition) is 4. The molecule has 1 fully saturated rings. The first-order chi connectivity index (χ1) is 12.9. The summed E-state index contributed by atoms with van der Waals surface area (Å²) in [5.41, 5.74) is 1.16. The van der Waals surface area contributed by atoms with Gasteiger partial charge in [-0.25, -0.2) is 8.78 Å². The summed E-state index contributed by atoms with van der Waals surface area (Å²) in [5, 5.41) is 2.64. The second-order valence-electron chi connectivity index (χ2n) is 5.69. The van der Waals surface area contributed by atoms with E-state index in [1.54, 1.807) is 18.2 Å². The zero-order valence-corrected chi connectivity index (χ0v) is 15.6. The van der Waals surface area contributed by atoms with Gasteiger partial charge in [0.1, 0.15) is 16.0 Å². The lowest BCUT2D eigenvalue weighted by Crippen LogP contribution is -2.31. The minimum absolute atomic E-state index is 0.0493. The number of carbonyl (C=O) groups is 2. The van der Waals surface area contributed by atoms with Crippen molar-refractivity contribution in [2.24, 2.45) is 0 Å². The summed E-state index contributed by atoms with van der Waals surface area (Å²) in [6, 6.07) is 11.2. The van der Waals surface area contributed by atoms with E-state index in [-0.39, 0.29) is 30.6 Å². The van der Waals surface area contributed by atoms with Crippen molar-refractivity contribution in [3.63, 3.8) is 0 Å². The highest BCUT2D eigenvalue weighted by Crippen LogP contribution is 2.32. The average molecular weight is 404 g/mol. The van der Waals surface area contributed by atoms with Crippen LogP contribution in [0.4, 0.5) is 14.5 Å². The SMILES string of the molecule is O=C(CCN1C(=O)/C(=C/c2ccc(F)cc2)SC1=S)Nc1ccc(F)cc1. The molecule has 1 heterocycles. The highest BCUT2D eigenvalue weighted by atomic mass is 32.2. The number of carbonyl (C=O) groups excluding carboxylic acids is 2. The van der Waals surface area contributed by atoms with E-state index in [4.69, 9.17) is 12.2 Å². The minimum atomic E-state index is -0.390. The summed E-state index contributed by atoms with van der Waals surface area (Å²) in [5.74, 6) is -1.34. The number of nitrogens with one attached hydrogen (secondary N) is 1. The van der Waals surface area contributed by atoms with Crippen LogP contribution in [0.5, 0.6) is 0 Å². The summed E-state index contributed by atoms with van der Waals surface area (Å²) < 4.78 is 26.2. The molecule has 0 saturated carbocycles. The Morgan fingerprint density at radius 2 is 1.67 bits per heavy atom. The van der Waals surface area contributed by atoms with Crippen molar-refractivity contribution in [1.82, 2.24) is 4.90 Å². The molecule has 8 heteroatoms. The Hall–Kier alpha value is -2.58. The van der Waals surface area contributed by atoms with Gasteiger partial charge in [0, 0.05) is 18.7 Å². The van der Waals surface area contributed by atoms with Gasteiger partial charge in [0.15, 0.2) is 0 Å². The van der Waals surface area contributed by atoms with Crippen molar-refractivity contribution in [2.75, 3.05) is 11.9 Å². The van der Waals surface area contributed by atoms with Crippen LogP contribution in [0.3, 0.4) is 0 Å². The minimum Gasteiger partial charge on any atom is -0.326 e. The first-order valence-corrected chi connectivity index (χ1v) is 9.21. The number of thiocarbonyl (C=S) groups is 1. The van der Waals surface area contributed by atoms with Crippen molar-refractivity contribution in [3.05, 3.63) is 70.6 Å². The molecule has 4 nitrogen and oxygen atoms in total. The lowest BCUT2D eigenvalue weighted by molar-refractivity contribution is -0.122. The van der Waals surface area contributed by atoms with E-state index in [9.17, 15) is 18.4 Å². The quantitative estimate of drug-likeness (QED) is 0.600. The molecule has 0 bridgehead atoms. The van der Waals surface area contributed by atoms with Crippen molar-refractivity contribution >= 4 is 51.9 Å². The largest absolute Gasteiger partial charge is 0.326 e. The molecule has 1 aliphatic rings. The van der Waals surface area contributed by atoms with Gasteiger partial charge in [0.05, 0.1) is 4.91 Å². The van der Waals surface area contributed by atoms with E-state index in [0.717, 1.165) is 11.8 Å². The van der Waals surface area contributed by atoms with Gasteiger partial charge in [-0.05, 0) is 48.0 Å². The third kappa shape index (κ3) is 4.99. The van der Waals surface area contributed by atoms with Crippen LogP contribution in [0.1, 0.15) is 12.0 Å². The molecule has 27 heavy (non-hydrogen) atoms. The lowest BCUT2D eigenvalue weighted by Gasteiger charge is -2.14. The summed E-state index contributed by atoms with van der Waals surface area (Å²) in [7, 11) is 0. The van der Waals surface area contributed by atoms with Gasteiger partial charge in [0.25, 0.3) is 5.91 Å². The standard InChI is InChI=1S/C19H14F2N2O2S2/c20-13-3-1-12(2-4-13)11-16-18(25)23(19(26)27-16)10-9-17(24)22-15-7-5-14(21)6-8-15/h1-8,11H,9-10H2,(H,22,24)/b16-11-. The molecule has 1 saturated heterocycles. The molecule has 138 valence electrons. The van der Waals surface area contributed by atoms with Gasteiger partial charge < -0.3 is 5.32 Å². The number of amides is 2. The Labute approximate surface area is 164 Å². The maximum absolute atomic E-state index is 13.0. The third-order valence-corrected chi connectivity index (χ3v) is 5.11. The molecule has 0 radical (unpaired) electrons. The number of thioether (sulfide) groups is 1. The number of benzene rings is 2. The number of hydrogen-bond donors (Lipinski definition) is 1. The van der Waals surface area contributed by atoms with Gasteiger partial charge in [-0.1, -0.05) is 36.1 Å². The van der Waals surface area contributed by atoms with E-state index in [0.29, 0.717) is 20.5 Å². The molecule has 0 aliphatic carbocycles. The monoisotopic (exact) mass is 404 g/mol. The molecular weight excluding hydrogens is 390 g/mol. The molecule has 3 rings (SSSR count). The number of anilines is 1. The Kier molecular flexibility index (Phi) is 5.98. The topological polar surface area (TPSA) is 49.4 Å². The molecule has 0 atom stereocenters. The van der Waals surface area contributed by atoms with Gasteiger partial charge in [-0.3, -0.25) is 14.5 Å². The van der Waals surface area contributed by atoms with Gasteiger partial charge in [-0.2, -0.15) is 0 Å². The van der Waals surface area contributed by atoms with Crippen LogP contribution >= 0.6 is 24.0 Å². The number of rotatable bonds is 5. The molecule has 0 spiro atoms. The summed E-state index contributed by atoms with van der Waals surface area (Å²) in [6.45, 7) is 0.137. The van der Waals surface area contributed by atoms with Crippen LogP contribution in [0.25, 0.3) is 6.08 Å². The molecule has 1 aliphatic heterocycles. The number of nitrogens with zero attached hydrogens (tertiary/aromatic N) is 1. The smallest absolute Gasteiger partial charge is 0.266 e. The average Bonchev–Trinajstić information content (AvgIpc) is 2.90. The number of halogens is 2. The highest BCUT2D eigenvalue weighted by Gasteiger charge is 2.32. The second-order valence-corrected chi connectivity index (χ2v) is 7.37. The normalized spacial score (nSPS) is 15.5. The molecule has 0 unspecified atom stereocenters. The van der Waals surface area contributed by atoms with Crippen LogP contribution in [0.15, 0.2) is 53.4 Å². The predicted molar refractivity (Wildman–Crippen MR) is 106 cm³/mol. The van der Waals surface area contributed by atoms with Gasteiger partial charge in [0.2, 0.25) is 5.91 Å². The molecule has 2 aromatic rings. The van der Waals surface area contributed by atoms with Crippen LogP contribution < -0.4 is 5.32 Å².